The topological polar surface area (TPSA) is 30.5 Å². The highest BCUT2D eigenvalue weighted by molar-refractivity contribution is 5.50. The summed E-state index contributed by atoms with van der Waals surface area (Å²) in [7, 11) is 1.93. The lowest BCUT2D eigenvalue weighted by Gasteiger charge is -2.09. The molecule has 1 aromatic rings. The predicted octanol–water partition coefficient (Wildman–Crippen LogP) is 1.96. The lowest BCUT2D eigenvalue weighted by molar-refractivity contribution is -0.0441. The molecule has 1 heterocycles. The number of nitrogens with one attached hydrogen (secondary N) is 1. The number of hydrogen-bond donors (Lipinski definition) is 1. The van der Waals surface area contributed by atoms with Crippen LogP contribution in [-0.4, -0.2) is 26.8 Å². The fourth-order valence-corrected chi connectivity index (χ4v) is 1.67. The second-order valence-electron chi connectivity index (χ2n) is 3.70. The summed E-state index contributed by atoms with van der Waals surface area (Å²) >= 11 is 0. The number of likely N-dealkylation sites (N-methyl/N-ethyl adjacent to an activating group) is 1. The van der Waals surface area contributed by atoms with Gasteiger partial charge in [-0.2, -0.15) is 0 Å². The highest BCUT2D eigenvalue weighted by atomic mass is 16.7. The van der Waals surface area contributed by atoms with Crippen LogP contribution in [0.3, 0.4) is 0 Å². The highest BCUT2D eigenvalue weighted by Gasteiger charge is 2.17. The van der Waals surface area contributed by atoms with Crippen LogP contribution >= 0.6 is 0 Å². The molecule has 0 unspecified atom stereocenters. The van der Waals surface area contributed by atoms with Crippen LogP contribution < -0.4 is 5.32 Å². The van der Waals surface area contributed by atoms with E-state index >= 15 is 0 Å². The van der Waals surface area contributed by atoms with Crippen molar-refractivity contribution in [2.24, 2.45) is 0 Å². The van der Waals surface area contributed by atoms with Crippen LogP contribution in [0.4, 0.5) is 0 Å². The zero-order valence-corrected chi connectivity index (χ0v) is 9.48. The van der Waals surface area contributed by atoms with Crippen molar-refractivity contribution < 1.29 is 9.47 Å². The van der Waals surface area contributed by atoms with Crippen molar-refractivity contribution in [2.45, 2.75) is 6.29 Å². The first-order valence-corrected chi connectivity index (χ1v) is 5.54. The van der Waals surface area contributed by atoms with Crippen LogP contribution in [0.15, 0.2) is 30.3 Å². The van der Waals surface area contributed by atoms with E-state index in [4.69, 9.17) is 9.47 Å². The van der Waals surface area contributed by atoms with Crippen molar-refractivity contribution in [3.63, 3.8) is 0 Å². The summed E-state index contributed by atoms with van der Waals surface area (Å²) in [6.07, 6.45) is 4.00. The molecule has 0 aromatic heterocycles. The summed E-state index contributed by atoms with van der Waals surface area (Å²) in [5.74, 6) is 0. The molecule has 0 saturated carbocycles. The summed E-state index contributed by atoms with van der Waals surface area (Å²) in [4.78, 5) is 0. The summed E-state index contributed by atoms with van der Waals surface area (Å²) in [5.41, 5.74) is 2.26. The molecule has 16 heavy (non-hydrogen) atoms. The molecule has 2 rings (SSSR count). The van der Waals surface area contributed by atoms with Crippen LogP contribution in [0.2, 0.25) is 0 Å². The maximum atomic E-state index is 5.46. The Balaban J connectivity index is 2.06. The van der Waals surface area contributed by atoms with Crippen molar-refractivity contribution in [3.05, 3.63) is 41.5 Å². The Bertz CT molecular complexity index is 357. The van der Waals surface area contributed by atoms with E-state index < -0.39 is 0 Å². The predicted molar refractivity (Wildman–Crippen MR) is 64.0 cm³/mol. The van der Waals surface area contributed by atoms with Crippen LogP contribution in [0, 0.1) is 0 Å². The standard InChI is InChI=1S/C13H17NO2/c1-14-7-3-5-11-4-2-6-12(10-11)13-15-8-9-16-13/h2-6,10,13-14H,7-9H2,1H3. The maximum absolute atomic E-state index is 5.46. The van der Waals surface area contributed by atoms with Crippen LogP contribution in [0.1, 0.15) is 17.4 Å². The van der Waals surface area contributed by atoms with Gasteiger partial charge >= 0.3 is 0 Å². The minimum atomic E-state index is -0.183. The third-order valence-electron chi connectivity index (χ3n) is 2.44. The Morgan fingerprint density at radius 3 is 2.94 bits per heavy atom. The zero-order valence-electron chi connectivity index (χ0n) is 9.48. The van der Waals surface area contributed by atoms with Gasteiger partial charge < -0.3 is 14.8 Å². The van der Waals surface area contributed by atoms with E-state index in [2.05, 4.69) is 29.6 Å². The van der Waals surface area contributed by atoms with Gasteiger partial charge in [0, 0.05) is 12.1 Å². The molecule has 0 radical (unpaired) electrons. The van der Waals surface area contributed by atoms with E-state index in [1.165, 1.54) is 5.56 Å². The van der Waals surface area contributed by atoms with Gasteiger partial charge in [0.25, 0.3) is 0 Å². The molecule has 1 fully saturated rings. The monoisotopic (exact) mass is 219 g/mol. The molecule has 1 aliphatic rings. The van der Waals surface area contributed by atoms with Crippen molar-refractivity contribution in [1.29, 1.82) is 0 Å². The Morgan fingerprint density at radius 2 is 2.19 bits per heavy atom. The van der Waals surface area contributed by atoms with E-state index in [9.17, 15) is 0 Å². The van der Waals surface area contributed by atoms with Gasteiger partial charge in [-0.3, -0.25) is 0 Å². The van der Waals surface area contributed by atoms with Crippen LogP contribution in [-0.2, 0) is 9.47 Å². The van der Waals surface area contributed by atoms with Gasteiger partial charge in [0.15, 0.2) is 6.29 Å². The molecule has 0 aliphatic carbocycles. The minimum absolute atomic E-state index is 0.183. The fourth-order valence-electron chi connectivity index (χ4n) is 1.67. The molecule has 0 bridgehead atoms. The van der Waals surface area contributed by atoms with E-state index in [1.807, 2.05) is 19.2 Å². The third kappa shape index (κ3) is 2.92. The van der Waals surface area contributed by atoms with E-state index in [-0.39, 0.29) is 6.29 Å². The number of rotatable bonds is 4. The number of hydrogen-bond acceptors (Lipinski definition) is 3. The molecule has 1 aliphatic heterocycles. The Labute approximate surface area is 96.1 Å². The molecule has 1 saturated heterocycles. The molecule has 0 amide bonds. The minimum Gasteiger partial charge on any atom is -0.346 e. The SMILES string of the molecule is CNCC=Cc1cccc(C2OCCO2)c1. The van der Waals surface area contributed by atoms with E-state index in [0.717, 1.165) is 12.1 Å². The molecule has 86 valence electrons. The van der Waals surface area contributed by atoms with E-state index in [1.54, 1.807) is 0 Å². The summed E-state index contributed by atoms with van der Waals surface area (Å²) in [5, 5.41) is 3.07. The first-order valence-electron chi connectivity index (χ1n) is 5.54. The summed E-state index contributed by atoms with van der Waals surface area (Å²) in [6.45, 7) is 2.25. The molecular weight excluding hydrogens is 202 g/mol. The lowest BCUT2D eigenvalue weighted by Crippen LogP contribution is -2.03. The molecule has 0 spiro atoms. The van der Waals surface area contributed by atoms with Crippen molar-refractivity contribution in [2.75, 3.05) is 26.8 Å². The Morgan fingerprint density at radius 1 is 1.38 bits per heavy atom. The summed E-state index contributed by atoms with van der Waals surface area (Å²) < 4.78 is 10.9. The highest BCUT2D eigenvalue weighted by Crippen LogP contribution is 2.23. The lowest BCUT2D eigenvalue weighted by atomic mass is 10.1. The third-order valence-corrected chi connectivity index (χ3v) is 2.44. The average molecular weight is 219 g/mol. The average Bonchev–Trinajstić information content (AvgIpc) is 2.83. The van der Waals surface area contributed by atoms with Crippen LogP contribution in [0.5, 0.6) is 0 Å². The van der Waals surface area contributed by atoms with Gasteiger partial charge in [0.05, 0.1) is 13.2 Å². The summed E-state index contributed by atoms with van der Waals surface area (Å²) in [6, 6.07) is 8.23. The van der Waals surface area contributed by atoms with Crippen molar-refractivity contribution >= 4 is 6.08 Å². The molecular formula is C13H17NO2. The number of benzene rings is 1. The second kappa shape index (κ2) is 5.80. The van der Waals surface area contributed by atoms with Gasteiger partial charge in [-0.25, -0.2) is 0 Å². The Kier molecular flexibility index (Phi) is 4.10. The van der Waals surface area contributed by atoms with E-state index in [0.29, 0.717) is 13.2 Å². The largest absolute Gasteiger partial charge is 0.346 e. The first kappa shape index (κ1) is 11.3. The smallest absolute Gasteiger partial charge is 0.184 e. The molecule has 3 nitrogen and oxygen atoms in total. The quantitative estimate of drug-likeness (QED) is 0.839. The van der Waals surface area contributed by atoms with Crippen molar-refractivity contribution in [3.8, 4) is 0 Å². The first-order chi connectivity index (χ1) is 7.90. The van der Waals surface area contributed by atoms with Gasteiger partial charge in [-0.1, -0.05) is 30.4 Å². The van der Waals surface area contributed by atoms with Gasteiger partial charge in [-0.15, -0.1) is 0 Å². The van der Waals surface area contributed by atoms with Gasteiger partial charge in [0.2, 0.25) is 0 Å². The zero-order chi connectivity index (χ0) is 11.2. The molecule has 0 atom stereocenters. The van der Waals surface area contributed by atoms with Gasteiger partial charge in [0.1, 0.15) is 0 Å². The maximum Gasteiger partial charge on any atom is 0.184 e. The molecule has 1 aromatic carbocycles. The molecule has 3 heteroatoms. The second-order valence-corrected chi connectivity index (χ2v) is 3.70. The van der Waals surface area contributed by atoms with Crippen molar-refractivity contribution in [1.82, 2.24) is 5.32 Å². The number of ether oxygens (including phenoxy) is 2. The Hall–Kier alpha value is -1.16. The van der Waals surface area contributed by atoms with Gasteiger partial charge in [-0.05, 0) is 18.7 Å². The fraction of sp³-hybridized carbons (Fsp3) is 0.385. The van der Waals surface area contributed by atoms with Crippen LogP contribution in [0.25, 0.3) is 6.08 Å². The molecule has 1 N–H and O–H groups in total. The normalized spacial score (nSPS) is 17.3.